The van der Waals surface area contributed by atoms with Gasteiger partial charge in [0.05, 0.1) is 12.4 Å². The summed E-state index contributed by atoms with van der Waals surface area (Å²) in [4.78, 5) is 96.4. The largest absolute Gasteiger partial charge is 0.480 e. The summed E-state index contributed by atoms with van der Waals surface area (Å²) in [6.07, 6.45) is 14.9. The molecule has 18 heteroatoms. The van der Waals surface area contributed by atoms with Crippen LogP contribution >= 0.6 is 0 Å². The van der Waals surface area contributed by atoms with Crippen LogP contribution in [0.15, 0.2) is 92.0 Å². The summed E-state index contributed by atoms with van der Waals surface area (Å²) in [6.45, 7) is 4.45. The van der Waals surface area contributed by atoms with Crippen LogP contribution < -0.4 is 26.6 Å². The number of hydrogen-bond donors (Lipinski definition) is 6. The maximum absolute atomic E-state index is 15.2. The van der Waals surface area contributed by atoms with Gasteiger partial charge < -0.3 is 41.2 Å². The lowest BCUT2D eigenvalue weighted by Gasteiger charge is -2.31. The van der Waals surface area contributed by atoms with E-state index in [9.17, 15) is 33.9 Å². The summed E-state index contributed by atoms with van der Waals surface area (Å²) in [5.41, 5.74) is 1.37. The maximum atomic E-state index is 15.2. The molecule has 0 aliphatic rings. The normalized spacial score (nSPS) is 13.9. The topological polar surface area (TPSA) is 230 Å². The minimum Gasteiger partial charge on any atom is -0.480 e. The fourth-order valence-electron chi connectivity index (χ4n) is 7.32. The van der Waals surface area contributed by atoms with Crippen LogP contribution in [0, 0.1) is 5.82 Å². The van der Waals surface area contributed by atoms with Crippen LogP contribution in [-0.2, 0) is 54.6 Å². The van der Waals surface area contributed by atoms with Gasteiger partial charge in [0.1, 0.15) is 36.0 Å². The molecule has 0 fully saturated rings. The number of pyridine rings is 2. The number of imidazole rings is 1. The lowest BCUT2D eigenvalue weighted by molar-refractivity contribution is -0.150. The van der Waals surface area contributed by atoms with Crippen molar-refractivity contribution in [2.45, 2.75) is 127 Å². The number of unbranched alkanes of at least 4 members (excludes halogenated alkanes) is 2. The van der Waals surface area contributed by atoms with Crippen molar-refractivity contribution in [1.82, 2.24) is 51.0 Å². The quantitative estimate of drug-likeness (QED) is 0.0485. The average molecular weight is 899 g/mol. The summed E-state index contributed by atoms with van der Waals surface area (Å²) in [5, 5.41) is 24.3. The molecule has 5 amide bonds. The average Bonchev–Trinajstić information content (AvgIpc) is 3.83. The van der Waals surface area contributed by atoms with Crippen molar-refractivity contribution in [1.29, 1.82) is 0 Å². The second kappa shape index (κ2) is 26.9. The van der Waals surface area contributed by atoms with Gasteiger partial charge >= 0.3 is 5.97 Å². The first-order valence-electron chi connectivity index (χ1n) is 22.2. The van der Waals surface area contributed by atoms with Gasteiger partial charge in [-0.05, 0) is 67.6 Å². The molecule has 0 aliphatic carbocycles. The molecular weight excluding hydrogens is 836 g/mol. The van der Waals surface area contributed by atoms with Crippen molar-refractivity contribution in [2.75, 3.05) is 14.1 Å². The van der Waals surface area contributed by atoms with Crippen LogP contribution in [0.25, 0.3) is 0 Å². The fourth-order valence-corrected chi connectivity index (χ4v) is 7.32. The summed E-state index contributed by atoms with van der Waals surface area (Å²) < 4.78 is 17.1. The van der Waals surface area contributed by atoms with Crippen molar-refractivity contribution in [3.05, 3.63) is 115 Å². The number of nitrogens with one attached hydrogen (secondary N) is 5. The zero-order valence-corrected chi connectivity index (χ0v) is 37.6. The Morgan fingerprint density at radius 1 is 0.662 bits per heavy atom. The summed E-state index contributed by atoms with van der Waals surface area (Å²) in [7, 11) is 3.02. The molecule has 0 radical (unpaired) electrons. The molecule has 0 saturated carbocycles. The lowest BCUT2D eigenvalue weighted by atomic mass is 10.0. The van der Waals surface area contributed by atoms with E-state index in [2.05, 4.69) is 41.5 Å². The highest BCUT2D eigenvalue weighted by Crippen LogP contribution is 2.15. The fraction of sp³-hybridized carbons (Fsp3) is 0.468. The highest BCUT2D eigenvalue weighted by molar-refractivity contribution is 5.96. The molecular formula is C47H63FN10O7. The molecule has 0 spiro atoms. The number of halogens is 1. The smallest absolute Gasteiger partial charge is 0.326 e. The third kappa shape index (κ3) is 16.5. The van der Waals surface area contributed by atoms with E-state index in [-0.39, 0.29) is 37.7 Å². The lowest BCUT2D eigenvalue weighted by Crippen LogP contribution is -2.60. The van der Waals surface area contributed by atoms with E-state index in [1.54, 1.807) is 68.5 Å². The number of carbonyl (C=O) groups is 6. The summed E-state index contributed by atoms with van der Waals surface area (Å²) in [6, 6.07) is 5.77. The van der Waals surface area contributed by atoms with Crippen LogP contribution in [0.2, 0.25) is 0 Å². The van der Waals surface area contributed by atoms with E-state index in [0.29, 0.717) is 56.2 Å². The molecule has 65 heavy (non-hydrogen) atoms. The molecule has 4 aromatic rings. The molecule has 1 aromatic carbocycles. The molecule has 3 aromatic heterocycles. The molecule has 350 valence electrons. The first-order chi connectivity index (χ1) is 31.3. The van der Waals surface area contributed by atoms with Gasteiger partial charge in [-0.25, -0.2) is 14.2 Å². The molecule has 0 bridgehead atoms. The van der Waals surface area contributed by atoms with E-state index < -0.39 is 77.6 Å². The molecule has 6 atom stereocenters. The Morgan fingerprint density at radius 2 is 1.20 bits per heavy atom. The Labute approximate surface area is 379 Å². The van der Waals surface area contributed by atoms with Crippen molar-refractivity contribution < 1.29 is 38.3 Å². The number of amides is 5. The minimum absolute atomic E-state index is 0.0352. The number of aryl methyl sites for hydroxylation is 1. The second-order valence-corrected chi connectivity index (χ2v) is 16.0. The van der Waals surface area contributed by atoms with Gasteiger partial charge in [0, 0.05) is 70.0 Å². The third-order valence-electron chi connectivity index (χ3n) is 11.1. The van der Waals surface area contributed by atoms with Gasteiger partial charge in [-0.2, -0.15) is 0 Å². The molecule has 17 nitrogen and oxygen atoms in total. The number of likely N-dealkylation sites (N-methyl/N-ethyl adjacent to an activating group) is 2. The Bertz CT molecular complexity index is 2110. The summed E-state index contributed by atoms with van der Waals surface area (Å²) in [5.74, 6) is -5.13. The second-order valence-electron chi connectivity index (χ2n) is 16.0. The van der Waals surface area contributed by atoms with Crippen LogP contribution in [0.4, 0.5) is 4.39 Å². The van der Waals surface area contributed by atoms with Crippen LogP contribution in [0.5, 0.6) is 0 Å². The Kier molecular flexibility index (Phi) is 21.2. The van der Waals surface area contributed by atoms with Crippen molar-refractivity contribution >= 4 is 35.5 Å². The number of rotatable bonds is 28. The molecule has 0 aliphatic heterocycles. The number of nitrogens with zero attached hydrogens (tertiary/aromatic N) is 5. The van der Waals surface area contributed by atoms with E-state index >= 15 is 4.39 Å². The Morgan fingerprint density at radius 3 is 1.75 bits per heavy atom. The van der Waals surface area contributed by atoms with Crippen LogP contribution in [0.1, 0.15) is 81.9 Å². The monoisotopic (exact) mass is 898 g/mol. The Hall–Kier alpha value is -6.56. The van der Waals surface area contributed by atoms with Gasteiger partial charge in [-0.1, -0.05) is 69.9 Å². The maximum Gasteiger partial charge on any atom is 0.326 e. The molecule has 4 rings (SSSR count). The molecule has 3 heterocycles. The Balaban J connectivity index is 1.57. The van der Waals surface area contributed by atoms with Gasteiger partial charge in [-0.15, -0.1) is 0 Å². The van der Waals surface area contributed by atoms with Gasteiger partial charge in [0.2, 0.25) is 29.5 Å². The first-order valence-corrected chi connectivity index (χ1v) is 22.2. The predicted molar refractivity (Wildman–Crippen MR) is 241 cm³/mol. The number of carboxylic acids is 1. The van der Waals surface area contributed by atoms with Crippen molar-refractivity contribution in [3.8, 4) is 0 Å². The van der Waals surface area contributed by atoms with Gasteiger partial charge in [0.15, 0.2) is 0 Å². The minimum atomic E-state index is -1.43. The number of benzene rings is 1. The predicted octanol–water partition coefficient (Wildman–Crippen LogP) is 3.14. The number of hydrogen-bond acceptors (Lipinski definition) is 10. The van der Waals surface area contributed by atoms with Crippen LogP contribution in [0.3, 0.4) is 0 Å². The molecule has 6 unspecified atom stereocenters. The zero-order valence-electron chi connectivity index (χ0n) is 37.6. The molecule has 6 N–H and O–H groups in total. The highest BCUT2D eigenvalue weighted by Gasteiger charge is 2.35. The van der Waals surface area contributed by atoms with E-state index in [0.717, 1.165) is 4.90 Å². The van der Waals surface area contributed by atoms with E-state index in [4.69, 9.17) is 0 Å². The molecule has 0 saturated heterocycles. The van der Waals surface area contributed by atoms with E-state index in [1.807, 2.05) is 24.6 Å². The van der Waals surface area contributed by atoms with Crippen LogP contribution in [-0.4, -0.2) is 115 Å². The SMILES string of the molecule is CCCCC(NC(=O)C(Cc1cccnc1)NC(=O)C(CCCn1ccnc1)NC)C(=O)NC(Cc1ccccc1F)C(=O)NC(CCCC)C(=O)N(C)C(Cc1cccnc1)C(=O)O. The first kappa shape index (κ1) is 51.1. The third-order valence-corrected chi connectivity index (χ3v) is 11.1. The number of carbonyl (C=O) groups excluding carboxylic acids is 5. The number of aliphatic carboxylic acids is 1. The summed E-state index contributed by atoms with van der Waals surface area (Å²) >= 11 is 0. The van der Waals surface area contributed by atoms with Gasteiger partial charge in [-0.3, -0.25) is 33.9 Å². The van der Waals surface area contributed by atoms with Crippen molar-refractivity contribution in [3.63, 3.8) is 0 Å². The number of aromatic nitrogens is 4. The van der Waals surface area contributed by atoms with Crippen molar-refractivity contribution in [2.24, 2.45) is 0 Å². The van der Waals surface area contributed by atoms with Gasteiger partial charge in [0.25, 0.3) is 0 Å². The highest BCUT2D eigenvalue weighted by atomic mass is 19.1. The standard InChI is InChI=1S/C47H63FN10O7/c1-5-7-18-37(53-44(61)39(26-32-14-11-21-50-29-32)55-42(59)36(49-3)20-13-24-58-25-23-52-31-58)43(60)56-40(28-34-16-9-10-17-35(34)48)45(62)54-38(19-8-6-2)46(63)57(4)41(47(64)65)27-33-15-12-22-51-30-33/h9-12,14-17,21-23,25,29-31,36-41,49H,5-8,13,18-20,24,26-28H2,1-4H3,(H,53,61)(H,54,62)(H,55,59)(H,56,60)(H,64,65). The zero-order chi connectivity index (χ0) is 47.1. The van der Waals surface area contributed by atoms with E-state index in [1.165, 1.54) is 31.4 Å². The number of carboxylic acid groups (broad SMARTS) is 1.